The summed E-state index contributed by atoms with van der Waals surface area (Å²) in [6.45, 7) is 0.567. The van der Waals surface area contributed by atoms with Crippen molar-refractivity contribution in [3.8, 4) is 0 Å². The van der Waals surface area contributed by atoms with E-state index in [1.807, 2.05) is 11.3 Å². The summed E-state index contributed by atoms with van der Waals surface area (Å²) in [5, 5.41) is 0. The molecule has 0 spiro atoms. The molecule has 0 amide bonds. The van der Waals surface area contributed by atoms with Crippen LogP contribution in [0.3, 0.4) is 0 Å². The molecule has 0 saturated carbocycles. The van der Waals surface area contributed by atoms with Crippen molar-refractivity contribution in [2.24, 2.45) is 5.90 Å². The van der Waals surface area contributed by atoms with E-state index in [0.717, 1.165) is 0 Å². The third-order valence-corrected chi connectivity index (χ3v) is 3.48. The molecule has 2 nitrogen and oxygen atoms in total. The van der Waals surface area contributed by atoms with E-state index in [0.29, 0.717) is 6.61 Å². The van der Waals surface area contributed by atoms with Crippen LogP contribution in [0.2, 0.25) is 0 Å². The van der Waals surface area contributed by atoms with E-state index in [9.17, 15) is 0 Å². The second-order valence-electron chi connectivity index (χ2n) is 3.18. The summed E-state index contributed by atoms with van der Waals surface area (Å²) in [7, 11) is 0. The van der Waals surface area contributed by atoms with Gasteiger partial charge in [-0.1, -0.05) is 0 Å². The Labute approximate surface area is 76.3 Å². The van der Waals surface area contributed by atoms with Gasteiger partial charge < -0.3 is 0 Å². The van der Waals surface area contributed by atoms with E-state index in [1.54, 1.807) is 4.88 Å². The fraction of sp³-hybridized carbons (Fsp3) is 0.556. The maximum atomic E-state index is 5.03. The van der Waals surface area contributed by atoms with Crippen molar-refractivity contribution in [2.45, 2.75) is 32.3 Å². The van der Waals surface area contributed by atoms with Crippen LogP contribution in [0, 0.1) is 0 Å². The molecule has 2 N–H and O–H groups in total. The molecule has 1 aliphatic rings. The fourth-order valence-corrected chi connectivity index (χ4v) is 2.89. The zero-order valence-corrected chi connectivity index (χ0v) is 7.82. The van der Waals surface area contributed by atoms with E-state index >= 15 is 0 Å². The van der Waals surface area contributed by atoms with Crippen molar-refractivity contribution in [2.75, 3.05) is 0 Å². The lowest BCUT2D eigenvalue weighted by Crippen LogP contribution is -1.97. The number of rotatable bonds is 2. The number of hydrogen-bond donors (Lipinski definition) is 1. The summed E-state index contributed by atoms with van der Waals surface area (Å²) in [4.78, 5) is 7.43. The first-order chi connectivity index (χ1) is 5.90. The Balaban J connectivity index is 2.20. The monoisotopic (exact) mass is 183 g/mol. The van der Waals surface area contributed by atoms with Crippen molar-refractivity contribution < 1.29 is 4.84 Å². The molecule has 0 atom stereocenters. The van der Waals surface area contributed by atoms with Crippen LogP contribution in [0.15, 0.2) is 6.07 Å². The molecule has 3 heteroatoms. The van der Waals surface area contributed by atoms with Crippen LogP contribution in [0.25, 0.3) is 0 Å². The molecular formula is C9H13NOS. The van der Waals surface area contributed by atoms with Gasteiger partial charge in [0.05, 0.1) is 0 Å². The number of thiophene rings is 1. The molecule has 0 aromatic carbocycles. The Hall–Kier alpha value is -0.380. The smallest absolute Gasteiger partial charge is 0.102 e. The highest BCUT2D eigenvalue weighted by Crippen LogP contribution is 2.29. The van der Waals surface area contributed by atoms with E-state index in [4.69, 9.17) is 5.90 Å². The Morgan fingerprint density at radius 2 is 2.25 bits per heavy atom. The lowest BCUT2D eigenvalue weighted by atomic mass is 9.99. The average Bonchev–Trinajstić information content (AvgIpc) is 2.47. The molecule has 0 fully saturated rings. The van der Waals surface area contributed by atoms with E-state index < -0.39 is 0 Å². The van der Waals surface area contributed by atoms with E-state index in [2.05, 4.69) is 10.9 Å². The van der Waals surface area contributed by atoms with Crippen molar-refractivity contribution in [1.29, 1.82) is 0 Å². The molecule has 0 unspecified atom stereocenters. The van der Waals surface area contributed by atoms with Gasteiger partial charge in [0.1, 0.15) is 6.61 Å². The van der Waals surface area contributed by atoms with Crippen LogP contribution in [-0.2, 0) is 24.3 Å². The van der Waals surface area contributed by atoms with Crippen molar-refractivity contribution in [3.05, 3.63) is 21.4 Å². The topological polar surface area (TPSA) is 35.2 Å². The highest BCUT2D eigenvalue weighted by Gasteiger charge is 2.12. The Kier molecular flexibility index (Phi) is 2.44. The molecule has 1 aromatic rings. The van der Waals surface area contributed by atoms with Gasteiger partial charge in [-0.15, -0.1) is 11.3 Å². The first kappa shape index (κ1) is 8.23. The summed E-state index contributed by atoms with van der Waals surface area (Å²) < 4.78 is 0. The van der Waals surface area contributed by atoms with Crippen molar-refractivity contribution in [1.82, 2.24) is 0 Å². The van der Waals surface area contributed by atoms with Gasteiger partial charge in [0.25, 0.3) is 0 Å². The molecule has 12 heavy (non-hydrogen) atoms. The fourth-order valence-electron chi connectivity index (χ4n) is 1.71. The van der Waals surface area contributed by atoms with Crippen LogP contribution in [0.4, 0.5) is 0 Å². The van der Waals surface area contributed by atoms with Gasteiger partial charge in [0, 0.05) is 9.75 Å². The maximum Gasteiger partial charge on any atom is 0.102 e. The molecule has 1 aliphatic carbocycles. The van der Waals surface area contributed by atoms with Gasteiger partial charge in [-0.25, -0.2) is 5.90 Å². The van der Waals surface area contributed by atoms with Crippen LogP contribution in [0.1, 0.15) is 28.2 Å². The highest BCUT2D eigenvalue weighted by molar-refractivity contribution is 7.12. The first-order valence-corrected chi connectivity index (χ1v) is 5.14. The second kappa shape index (κ2) is 3.56. The third-order valence-electron chi connectivity index (χ3n) is 2.27. The minimum atomic E-state index is 0.567. The Morgan fingerprint density at radius 1 is 1.42 bits per heavy atom. The highest BCUT2D eigenvalue weighted by atomic mass is 32.1. The van der Waals surface area contributed by atoms with E-state index in [-0.39, 0.29) is 0 Å². The molecule has 66 valence electrons. The molecule has 0 radical (unpaired) electrons. The second-order valence-corrected chi connectivity index (χ2v) is 4.40. The van der Waals surface area contributed by atoms with Crippen LogP contribution >= 0.6 is 11.3 Å². The SMILES string of the molecule is NOCc1cc2c(s1)CCCC2. The van der Waals surface area contributed by atoms with Crippen LogP contribution in [-0.4, -0.2) is 0 Å². The average molecular weight is 183 g/mol. The number of fused-ring (bicyclic) bond motifs is 1. The normalized spacial score (nSPS) is 16.1. The molecule has 0 saturated heterocycles. The summed E-state index contributed by atoms with van der Waals surface area (Å²) in [5.74, 6) is 5.03. The predicted molar refractivity (Wildman–Crippen MR) is 49.9 cm³/mol. The predicted octanol–water partition coefficient (Wildman–Crippen LogP) is 2.02. The van der Waals surface area contributed by atoms with Gasteiger partial charge in [-0.2, -0.15) is 0 Å². The van der Waals surface area contributed by atoms with Crippen molar-refractivity contribution >= 4 is 11.3 Å². The third kappa shape index (κ3) is 1.53. The quantitative estimate of drug-likeness (QED) is 0.712. The molecule has 0 bridgehead atoms. The van der Waals surface area contributed by atoms with E-state index in [1.165, 1.54) is 36.1 Å². The molecular weight excluding hydrogens is 170 g/mol. The summed E-state index contributed by atoms with van der Waals surface area (Å²) in [6.07, 6.45) is 5.18. The van der Waals surface area contributed by atoms with Crippen LogP contribution in [0.5, 0.6) is 0 Å². The maximum absolute atomic E-state index is 5.03. The lowest BCUT2D eigenvalue weighted by molar-refractivity contribution is 0.126. The van der Waals surface area contributed by atoms with Gasteiger partial charge in [-0.05, 0) is 37.3 Å². The number of hydrogen-bond acceptors (Lipinski definition) is 3. The Bertz CT molecular complexity index is 246. The minimum Gasteiger partial charge on any atom is -0.299 e. The van der Waals surface area contributed by atoms with Crippen LogP contribution < -0.4 is 5.90 Å². The van der Waals surface area contributed by atoms with Gasteiger partial charge in [0.2, 0.25) is 0 Å². The van der Waals surface area contributed by atoms with Gasteiger partial charge in [0.15, 0.2) is 0 Å². The zero-order valence-electron chi connectivity index (χ0n) is 7.01. The van der Waals surface area contributed by atoms with Gasteiger partial charge in [-0.3, -0.25) is 4.84 Å². The Morgan fingerprint density at radius 3 is 3.00 bits per heavy atom. The zero-order chi connectivity index (χ0) is 8.39. The molecule has 2 rings (SSSR count). The first-order valence-electron chi connectivity index (χ1n) is 4.32. The molecule has 1 aromatic heterocycles. The number of aryl methyl sites for hydroxylation is 2. The summed E-state index contributed by atoms with van der Waals surface area (Å²) in [5.41, 5.74) is 1.53. The summed E-state index contributed by atoms with van der Waals surface area (Å²) in [6, 6.07) is 2.24. The standard InChI is InChI=1S/C9H13NOS/c10-11-6-8-5-7-3-1-2-4-9(7)12-8/h5H,1-4,6,10H2. The minimum absolute atomic E-state index is 0.567. The largest absolute Gasteiger partial charge is 0.299 e. The summed E-state index contributed by atoms with van der Waals surface area (Å²) >= 11 is 1.85. The van der Waals surface area contributed by atoms with Crippen molar-refractivity contribution in [3.63, 3.8) is 0 Å². The number of nitrogens with two attached hydrogens (primary N) is 1. The molecule has 0 aliphatic heterocycles. The lowest BCUT2D eigenvalue weighted by Gasteiger charge is -2.08. The molecule has 1 heterocycles. The van der Waals surface area contributed by atoms with Gasteiger partial charge >= 0.3 is 0 Å².